The third-order valence-corrected chi connectivity index (χ3v) is 6.07. The number of allylic oxidation sites excluding steroid dienone is 1. The van der Waals surface area contributed by atoms with Gasteiger partial charge in [0.05, 0.1) is 35.1 Å². The Morgan fingerprint density at radius 3 is 2.53 bits per heavy atom. The number of aromatic nitrogens is 2. The van der Waals surface area contributed by atoms with Gasteiger partial charge in [-0.3, -0.25) is 9.97 Å². The number of hydrogen-bond donors (Lipinski definition) is 1. The second kappa shape index (κ2) is 9.62. The average Bonchev–Trinajstić information content (AvgIpc) is 2.69. The van der Waals surface area contributed by atoms with Crippen molar-refractivity contribution < 1.29 is 9.53 Å². The lowest BCUT2D eigenvalue weighted by Crippen LogP contribution is -2.35. The Kier molecular flexibility index (Phi) is 7.15. The molecule has 0 radical (unpaired) electrons. The summed E-state index contributed by atoms with van der Waals surface area (Å²) in [5, 5.41) is 3.84. The molecule has 0 bridgehead atoms. The number of thioether (sulfide) groups is 1. The number of aliphatic imine (C=N–C) groups is 1. The molecule has 1 aliphatic rings. The van der Waals surface area contributed by atoms with E-state index in [0.717, 1.165) is 22.8 Å². The van der Waals surface area contributed by atoms with E-state index in [1.807, 2.05) is 45.9 Å². The third kappa shape index (κ3) is 4.84. The first-order chi connectivity index (χ1) is 14.3. The van der Waals surface area contributed by atoms with E-state index in [4.69, 9.17) is 21.3 Å². The number of ether oxygens (including phenoxy) is 1. The Morgan fingerprint density at radius 1 is 1.13 bits per heavy atom. The van der Waals surface area contributed by atoms with Crippen LogP contribution in [0.2, 0.25) is 5.02 Å². The highest BCUT2D eigenvalue weighted by Gasteiger charge is 2.29. The van der Waals surface area contributed by atoms with E-state index >= 15 is 0 Å². The van der Waals surface area contributed by atoms with E-state index in [2.05, 4.69) is 15.3 Å². The first-order valence-corrected chi connectivity index (χ1v) is 11.1. The summed E-state index contributed by atoms with van der Waals surface area (Å²) in [6.07, 6.45) is 0. The molecule has 1 unspecified atom stereocenters. The van der Waals surface area contributed by atoms with Crippen LogP contribution in [0.4, 0.5) is 0 Å². The SMILES string of the molecule is CCOC(=O)C1=C(C)NC(SCc2nc(C)c(C)nc2C)N=C1c1ccccc1Cl. The van der Waals surface area contributed by atoms with Gasteiger partial charge in [0, 0.05) is 22.0 Å². The van der Waals surface area contributed by atoms with Gasteiger partial charge in [-0.05, 0) is 40.7 Å². The van der Waals surface area contributed by atoms with Gasteiger partial charge in [0.15, 0.2) is 5.50 Å². The van der Waals surface area contributed by atoms with E-state index in [9.17, 15) is 4.79 Å². The Bertz CT molecular complexity index is 1040. The minimum atomic E-state index is -0.416. The van der Waals surface area contributed by atoms with Crippen molar-refractivity contribution in [3.05, 3.63) is 68.9 Å². The summed E-state index contributed by atoms with van der Waals surface area (Å²) in [4.78, 5) is 26.7. The number of esters is 1. The van der Waals surface area contributed by atoms with Gasteiger partial charge in [-0.15, -0.1) is 11.8 Å². The molecule has 8 heteroatoms. The molecular formula is C22H25ClN4O2S. The molecule has 1 atom stereocenters. The molecule has 0 fully saturated rings. The molecule has 0 amide bonds. The fourth-order valence-corrected chi connectivity index (χ4v) is 4.35. The van der Waals surface area contributed by atoms with Crippen LogP contribution in [0.1, 0.15) is 42.2 Å². The maximum absolute atomic E-state index is 12.6. The van der Waals surface area contributed by atoms with Crippen molar-refractivity contribution in [2.45, 2.75) is 45.9 Å². The minimum Gasteiger partial charge on any atom is -0.462 e. The van der Waals surface area contributed by atoms with Crippen LogP contribution in [0.15, 0.2) is 40.5 Å². The highest BCUT2D eigenvalue weighted by molar-refractivity contribution is 7.99. The quantitative estimate of drug-likeness (QED) is 0.661. The molecule has 1 aliphatic heterocycles. The fraction of sp³-hybridized carbons (Fsp3) is 0.364. The molecule has 1 aromatic heterocycles. The zero-order valence-electron chi connectivity index (χ0n) is 17.7. The second-order valence-corrected chi connectivity index (χ2v) is 8.39. The lowest BCUT2D eigenvalue weighted by molar-refractivity contribution is -0.137. The van der Waals surface area contributed by atoms with Crippen molar-refractivity contribution in [2.24, 2.45) is 4.99 Å². The van der Waals surface area contributed by atoms with Crippen LogP contribution < -0.4 is 5.32 Å². The van der Waals surface area contributed by atoms with Gasteiger partial charge in [0.1, 0.15) is 5.57 Å². The van der Waals surface area contributed by atoms with Gasteiger partial charge in [-0.25, -0.2) is 9.79 Å². The van der Waals surface area contributed by atoms with Crippen LogP contribution in [0, 0.1) is 20.8 Å². The molecule has 30 heavy (non-hydrogen) atoms. The summed E-state index contributed by atoms with van der Waals surface area (Å²) >= 11 is 8.01. The maximum Gasteiger partial charge on any atom is 0.342 e. The van der Waals surface area contributed by atoms with E-state index < -0.39 is 5.97 Å². The largest absolute Gasteiger partial charge is 0.462 e. The number of carbonyl (C=O) groups excluding carboxylic acids is 1. The van der Waals surface area contributed by atoms with Gasteiger partial charge in [-0.2, -0.15) is 0 Å². The zero-order valence-corrected chi connectivity index (χ0v) is 19.3. The van der Waals surface area contributed by atoms with Gasteiger partial charge >= 0.3 is 5.97 Å². The van der Waals surface area contributed by atoms with Crippen molar-refractivity contribution in [1.82, 2.24) is 15.3 Å². The highest BCUT2D eigenvalue weighted by atomic mass is 35.5. The number of halogens is 1. The number of hydrogen-bond acceptors (Lipinski definition) is 7. The van der Waals surface area contributed by atoms with Crippen LogP contribution in [-0.2, 0) is 15.3 Å². The Morgan fingerprint density at radius 2 is 1.83 bits per heavy atom. The van der Waals surface area contributed by atoms with E-state index in [1.165, 1.54) is 0 Å². The molecule has 0 saturated heterocycles. The number of rotatable bonds is 6. The fourth-order valence-electron chi connectivity index (χ4n) is 3.09. The Balaban J connectivity index is 1.92. The van der Waals surface area contributed by atoms with Crippen molar-refractivity contribution >= 4 is 35.0 Å². The summed E-state index contributed by atoms with van der Waals surface area (Å²) < 4.78 is 5.26. The van der Waals surface area contributed by atoms with E-state index in [-0.39, 0.29) is 12.1 Å². The third-order valence-electron chi connectivity index (χ3n) is 4.76. The predicted molar refractivity (Wildman–Crippen MR) is 122 cm³/mol. The Labute approximate surface area is 186 Å². The lowest BCUT2D eigenvalue weighted by atomic mass is 9.99. The van der Waals surface area contributed by atoms with E-state index in [0.29, 0.717) is 33.3 Å². The molecule has 2 aromatic rings. The van der Waals surface area contributed by atoms with Crippen molar-refractivity contribution in [3.8, 4) is 0 Å². The molecule has 2 heterocycles. The normalized spacial score (nSPS) is 16.2. The minimum absolute atomic E-state index is 0.286. The van der Waals surface area contributed by atoms with Crippen LogP contribution in [0.3, 0.4) is 0 Å². The molecule has 0 aliphatic carbocycles. The standard InChI is InChI=1S/C22H25ClN4O2S/c1-6-29-21(28)19-15(5)26-22(27-20(19)16-9-7-8-10-17(16)23)30-11-18-14(4)24-12(2)13(3)25-18/h7-10,22,26H,6,11H2,1-5H3. The van der Waals surface area contributed by atoms with E-state index in [1.54, 1.807) is 24.8 Å². The summed E-state index contributed by atoms with van der Waals surface area (Å²) in [5.41, 5.74) is 5.77. The molecule has 1 aromatic carbocycles. The summed E-state index contributed by atoms with van der Waals surface area (Å²) in [7, 11) is 0. The lowest BCUT2D eigenvalue weighted by Gasteiger charge is -2.26. The van der Waals surface area contributed by atoms with Crippen molar-refractivity contribution in [2.75, 3.05) is 6.61 Å². The number of benzene rings is 1. The Hall–Kier alpha value is -2.38. The zero-order chi connectivity index (χ0) is 21.8. The topological polar surface area (TPSA) is 76.5 Å². The first-order valence-electron chi connectivity index (χ1n) is 9.71. The number of carbonyl (C=O) groups is 1. The summed E-state index contributed by atoms with van der Waals surface area (Å²) in [5.74, 6) is 0.222. The summed E-state index contributed by atoms with van der Waals surface area (Å²) in [6, 6.07) is 7.37. The van der Waals surface area contributed by atoms with Crippen LogP contribution >= 0.6 is 23.4 Å². The maximum atomic E-state index is 12.6. The first kappa shape index (κ1) is 22.3. The summed E-state index contributed by atoms with van der Waals surface area (Å²) in [6.45, 7) is 9.80. The molecule has 0 saturated carbocycles. The smallest absolute Gasteiger partial charge is 0.342 e. The van der Waals surface area contributed by atoms with Gasteiger partial charge in [0.25, 0.3) is 0 Å². The molecule has 6 nitrogen and oxygen atoms in total. The molecule has 0 spiro atoms. The molecular weight excluding hydrogens is 420 g/mol. The number of aryl methyl sites for hydroxylation is 3. The van der Waals surface area contributed by atoms with Gasteiger partial charge in [-0.1, -0.05) is 29.8 Å². The number of nitrogens with zero attached hydrogens (tertiary/aromatic N) is 3. The highest BCUT2D eigenvalue weighted by Crippen LogP contribution is 2.29. The molecule has 3 rings (SSSR count). The van der Waals surface area contributed by atoms with Crippen LogP contribution in [-0.4, -0.2) is 33.8 Å². The van der Waals surface area contributed by atoms with Crippen molar-refractivity contribution in [1.29, 1.82) is 0 Å². The molecule has 158 valence electrons. The van der Waals surface area contributed by atoms with Gasteiger partial charge < -0.3 is 10.1 Å². The van der Waals surface area contributed by atoms with Crippen molar-refractivity contribution in [3.63, 3.8) is 0 Å². The van der Waals surface area contributed by atoms with Crippen LogP contribution in [0.25, 0.3) is 0 Å². The predicted octanol–water partition coefficient (Wildman–Crippen LogP) is 4.50. The van der Waals surface area contributed by atoms with Gasteiger partial charge in [0.2, 0.25) is 0 Å². The molecule has 1 N–H and O–H groups in total. The number of nitrogens with one attached hydrogen (secondary N) is 1. The van der Waals surface area contributed by atoms with Crippen LogP contribution in [0.5, 0.6) is 0 Å². The monoisotopic (exact) mass is 444 g/mol. The second-order valence-electron chi connectivity index (χ2n) is 6.91. The average molecular weight is 445 g/mol.